The van der Waals surface area contributed by atoms with E-state index in [1.807, 2.05) is 0 Å². The van der Waals surface area contributed by atoms with Gasteiger partial charge in [0.2, 0.25) is 11.0 Å². The van der Waals surface area contributed by atoms with Crippen LogP contribution < -0.4 is 10.6 Å². The highest BCUT2D eigenvalue weighted by Gasteiger charge is 2.15. The molecule has 2 rings (SSSR count). The van der Waals surface area contributed by atoms with E-state index in [0.29, 0.717) is 17.8 Å². The average Bonchev–Trinajstić information content (AvgIpc) is 3.14. The van der Waals surface area contributed by atoms with Crippen LogP contribution in [-0.2, 0) is 4.79 Å². The Kier molecular flexibility index (Phi) is 5.53. The summed E-state index contributed by atoms with van der Waals surface area (Å²) in [5, 5.41) is 11.2. The van der Waals surface area contributed by atoms with E-state index in [4.69, 9.17) is 4.42 Å². The normalized spacial score (nSPS) is 10.7. The molecule has 0 saturated heterocycles. The second kappa shape index (κ2) is 7.59. The molecular formula is C12H12F2N4O3S. The molecular weight excluding hydrogens is 318 g/mol. The maximum atomic E-state index is 12.3. The minimum atomic E-state index is -2.71. The fourth-order valence-corrected chi connectivity index (χ4v) is 2.12. The van der Waals surface area contributed by atoms with Gasteiger partial charge in [-0.3, -0.25) is 9.59 Å². The third-order valence-electron chi connectivity index (χ3n) is 2.48. The van der Waals surface area contributed by atoms with Gasteiger partial charge in [-0.05, 0) is 18.6 Å². The zero-order valence-corrected chi connectivity index (χ0v) is 12.0. The summed E-state index contributed by atoms with van der Waals surface area (Å²) in [7, 11) is 0. The van der Waals surface area contributed by atoms with Crippen LogP contribution in [0.4, 0.5) is 13.9 Å². The van der Waals surface area contributed by atoms with Crippen molar-refractivity contribution in [2.45, 2.75) is 19.3 Å². The Morgan fingerprint density at radius 1 is 1.36 bits per heavy atom. The van der Waals surface area contributed by atoms with Crippen molar-refractivity contribution in [2.24, 2.45) is 0 Å². The van der Waals surface area contributed by atoms with E-state index in [2.05, 4.69) is 20.8 Å². The molecule has 2 amide bonds. The topological polar surface area (TPSA) is 97.1 Å². The van der Waals surface area contributed by atoms with Gasteiger partial charge in [0, 0.05) is 13.0 Å². The number of aromatic nitrogens is 2. The predicted octanol–water partition coefficient (Wildman–Crippen LogP) is 2.22. The molecule has 2 aromatic rings. The van der Waals surface area contributed by atoms with Crippen molar-refractivity contribution in [1.29, 1.82) is 0 Å². The van der Waals surface area contributed by atoms with Crippen LogP contribution in [-0.4, -0.2) is 28.6 Å². The van der Waals surface area contributed by atoms with Crippen LogP contribution in [0, 0.1) is 0 Å². The van der Waals surface area contributed by atoms with Gasteiger partial charge in [-0.15, -0.1) is 10.2 Å². The molecule has 0 aromatic carbocycles. The number of nitrogens with one attached hydrogen (secondary N) is 2. The Morgan fingerprint density at radius 2 is 2.18 bits per heavy atom. The van der Waals surface area contributed by atoms with Crippen LogP contribution in [0.3, 0.4) is 0 Å². The zero-order valence-electron chi connectivity index (χ0n) is 11.2. The third kappa shape index (κ3) is 4.58. The molecule has 0 atom stereocenters. The minimum Gasteiger partial charge on any atom is -0.459 e. The maximum Gasteiger partial charge on any atom is 0.291 e. The number of hydrogen-bond acceptors (Lipinski definition) is 6. The van der Waals surface area contributed by atoms with E-state index in [1.165, 1.54) is 12.3 Å². The molecule has 0 bridgehead atoms. The summed E-state index contributed by atoms with van der Waals surface area (Å²) < 4.78 is 29.5. The first kappa shape index (κ1) is 16.0. The molecule has 10 heteroatoms. The summed E-state index contributed by atoms with van der Waals surface area (Å²) in [4.78, 5) is 23.1. The van der Waals surface area contributed by atoms with Crippen LogP contribution in [0.2, 0.25) is 0 Å². The number of nitrogens with zero attached hydrogens (tertiary/aromatic N) is 2. The second-order valence-electron chi connectivity index (χ2n) is 4.13. The number of halogens is 2. The Morgan fingerprint density at radius 3 is 2.82 bits per heavy atom. The fraction of sp³-hybridized carbons (Fsp3) is 0.333. The van der Waals surface area contributed by atoms with Crippen molar-refractivity contribution in [3.63, 3.8) is 0 Å². The predicted molar refractivity (Wildman–Crippen MR) is 73.8 cm³/mol. The van der Waals surface area contributed by atoms with Crippen molar-refractivity contribution in [2.75, 3.05) is 11.9 Å². The molecule has 0 radical (unpaired) electrons. The number of rotatable bonds is 7. The highest BCUT2D eigenvalue weighted by atomic mass is 32.1. The first-order valence-electron chi connectivity index (χ1n) is 6.29. The maximum absolute atomic E-state index is 12.3. The lowest BCUT2D eigenvalue weighted by atomic mass is 10.3. The molecule has 22 heavy (non-hydrogen) atoms. The number of alkyl halides is 2. The quantitative estimate of drug-likeness (QED) is 0.759. The molecule has 2 N–H and O–H groups in total. The van der Waals surface area contributed by atoms with E-state index >= 15 is 0 Å². The molecule has 0 spiro atoms. The number of furan rings is 1. The molecule has 2 aromatic heterocycles. The van der Waals surface area contributed by atoms with Crippen LogP contribution in [0.5, 0.6) is 0 Å². The molecule has 7 nitrogen and oxygen atoms in total. The summed E-state index contributed by atoms with van der Waals surface area (Å²) in [6, 6.07) is 3.12. The Hall–Kier alpha value is -2.36. The third-order valence-corrected chi connectivity index (χ3v) is 3.33. The lowest BCUT2D eigenvalue weighted by Crippen LogP contribution is -2.25. The van der Waals surface area contributed by atoms with E-state index in [0.717, 1.165) is 0 Å². The minimum absolute atomic E-state index is 0.0277. The average molecular weight is 330 g/mol. The highest BCUT2D eigenvalue weighted by molar-refractivity contribution is 7.15. The summed E-state index contributed by atoms with van der Waals surface area (Å²) in [6.45, 7) is 0.283. The van der Waals surface area contributed by atoms with E-state index < -0.39 is 11.4 Å². The Balaban J connectivity index is 1.66. The standard InChI is InChI=1S/C12H12F2N4O3S/c13-9(14)11-17-18-12(22-11)16-8(19)4-1-5-15-10(20)7-3-2-6-21-7/h2-3,6,9H,1,4-5H2,(H,15,20)(H,16,18,19). The van der Waals surface area contributed by atoms with Crippen molar-refractivity contribution in [3.05, 3.63) is 29.2 Å². The van der Waals surface area contributed by atoms with Crippen LogP contribution in [0.1, 0.15) is 34.8 Å². The van der Waals surface area contributed by atoms with Gasteiger partial charge in [-0.2, -0.15) is 0 Å². The molecule has 0 unspecified atom stereocenters. The van der Waals surface area contributed by atoms with Gasteiger partial charge in [0.05, 0.1) is 6.26 Å². The number of carbonyl (C=O) groups excluding carboxylic acids is 2. The van der Waals surface area contributed by atoms with E-state index in [-0.39, 0.29) is 35.7 Å². The molecule has 0 aliphatic heterocycles. The first-order valence-corrected chi connectivity index (χ1v) is 7.11. The van der Waals surface area contributed by atoms with Crippen molar-refractivity contribution >= 4 is 28.3 Å². The highest BCUT2D eigenvalue weighted by Crippen LogP contribution is 2.25. The lowest BCUT2D eigenvalue weighted by Gasteiger charge is -2.03. The lowest BCUT2D eigenvalue weighted by molar-refractivity contribution is -0.116. The Labute approximate surface area is 127 Å². The smallest absolute Gasteiger partial charge is 0.291 e. The summed E-state index contributed by atoms with van der Waals surface area (Å²) in [5.74, 6) is -0.557. The van der Waals surface area contributed by atoms with E-state index in [1.54, 1.807) is 6.07 Å². The molecule has 2 heterocycles. The number of hydrogen-bond donors (Lipinski definition) is 2. The van der Waals surface area contributed by atoms with Crippen molar-refractivity contribution in [3.8, 4) is 0 Å². The second-order valence-corrected chi connectivity index (χ2v) is 5.14. The molecule has 0 aliphatic carbocycles. The monoisotopic (exact) mass is 330 g/mol. The van der Waals surface area contributed by atoms with Gasteiger partial charge in [-0.1, -0.05) is 11.3 Å². The van der Waals surface area contributed by atoms with Crippen LogP contribution in [0.15, 0.2) is 22.8 Å². The van der Waals surface area contributed by atoms with E-state index in [9.17, 15) is 18.4 Å². The molecule has 0 aliphatic rings. The van der Waals surface area contributed by atoms with Gasteiger partial charge in [0.1, 0.15) is 0 Å². The van der Waals surface area contributed by atoms with Gasteiger partial charge in [-0.25, -0.2) is 8.78 Å². The van der Waals surface area contributed by atoms with Gasteiger partial charge in [0.25, 0.3) is 12.3 Å². The van der Waals surface area contributed by atoms with Crippen LogP contribution >= 0.6 is 11.3 Å². The van der Waals surface area contributed by atoms with Gasteiger partial charge in [0.15, 0.2) is 10.8 Å². The zero-order chi connectivity index (χ0) is 15.9. The fourth-order valence-electron chi connectivity index (χ4n) is 1.50. The van der Waals surface area contributed by atoms with Gasteiger partial charge >= 0.3 is 0 Å². The number of carbonyl (C=O) groups is 2. The number of anilines is 1. The van der Waals surface area contributed by atoms with Crippen molar-refractivity contribution in [1.82, 2.24) is 15.5 Å². The van der Waals surface area contributed by atoms with Gasteiger partial charge < -0.3 is 15.1 Å². The molecule has 118 valence electrons. The van der Waals surface area contributed by atoms with Crippen molar-refractivity contribution < 1.29 is 22.8 Å². The molecule has 0 fully saturated rings. The SMILES string of the molecule is O=C(CCCNC(=O)c1ccco1)Nc1nnc(C(F)F)s1. The summed E-state index contributed by atoms with van der Waals surface area (Å²) >= 11 is 0.625. The summed E-state index contributed by atoms with van der Waals surface area (Å²) in [6.07, 6.45) is -0.821. The molecule has 0 saturated carbocycles. The Bertz CT molecular complexity index is 630. The number of amides is 2. The van der Waals surface area contributed by atoms with Crippen LogP contribution in [0.25, 0.3) is 0 Å². The largest absolute Gasteiger partial charge is 0.459 e. The summed E-state index contributed by atoms with van der Waals surface area (Å²) in [5.41, 5.74) is 0. The first-order chi connectivity index (χ1) is 10.6.